The number of nitrogens with zero attached hydrogens (tertiary/aromatic N) is 1. The lowest BCUT2D eigenvalue weighted by atomic mass is 9.96. The second-order valence-electron chi connectivity index (χ2n) is 6.40. The van der Waals surface area contributed by atoms with Gasteiger partial charge >= 0.3 is 0 Å². The first-order valence-corrected chi connectivity index (χ1v) is 8.58. The number of amides is 2. The van der Waals surface area contributed by atoms with Gasteiger partial charge in [-0.3, -0.25) is 14.5 Å². The van der Waals surface area contributed by atoms with E-state index in [0.717, 1.165) is 55.7 Å². The number of hydrogen-bond acceptors (Lipinski definition) is 3. The number of piperidine rings is 1. The number of likely N-dealkylation sites (tertiary alicyclic amines) is 1. The van der Waals surface area contributed by atoms with Crippen LogP contribution in [0.1, 0.15) is 38.7 Å². The molecule has 0 unspecified atom stereocenters. The molecule has 5 nitrogen and oxygen atoms in total. The first kappa shape index (κ1) is 18.2. The molecule has 2 rings (SSSR count). The van der Waals surface area contributed by atoms with Gasteiger partial charge in [-0.1, -0.05) is 25.1 Å². The van der Waals surface area contributed by atoms with Gasteiger partial charge in [-0.15, -0.1) is 0 Å². The van der Waals surface area contributed by atoms with Gasteiger partial charge in [0, 0.05) is 23.7 Å². The van der Waals surface area contributed by atoms with Gasteiger partial charge in [0.1, 0.15) is 0 Å². The quantitative estimate of drug-likeness (QED) is 0.788. The molecule has 0 atom stereocenters. The highest BCUT2D eigenvalue weighted by atomic mass is 16.2. The summed E-state index contributed by atoms with van der Waals surface area (Å²) in [5, 5.41) is 2.94. The molecule has 1 aromatic rings. The number of nitrogens with one attached hydrogen (secondary N) is 1. The van der Waals surface area contributed by atoms with Crippen molar-refractivity contribution in [3.05, 3.63) is 41.5 Å². The Bertz CT molecular complexity index is 617. The molecule has 0 spiro atoms. The van der Waals surface area contributed by atoms with Crippen LogP contribution < -0.4 is 11.1 Å². The first-order valence-electron chi connectivity index (χ1n) is 8.58. The number of nitrogens with two attached hydrogens (primary N) is 1. The van der Waals surface area contributed by atoms with E-state index in [1.165, 1.54) is 0 Å². The van der Waals surface area contributed by atoms with Crippen molar-refractivity contribution in [1.82, 2.24) is 4.90 Å². The van der Waals surface area contributed by atoms with Crippen molar-refractivity contribution in [2.75, 3.05) is 18.4 Å². The van der Waals surface area contributed by atoms with Gasteiger partial charge in [-0.25, -0.2) is 0 Å². The molecular formula is C19H27N3O2. The molecule has 1 aliphatic rings. The Kier molecular flexibility index (Phi) is 6.55. The van der Waals surface area contributed by atoms with Gasteiger partial charge in [0.05, 0.1) is 0 Å². The summed E-state index contributed by atoms with van der Waals surface area (Å²) in [4.78, 5) is 25.6. The van der Waals surface area contributed by atoms with Crippen LogP contribution in [-0.4, -0.2) is 29.8 Å². The van der Waals surface area contributed by atoms with E-state index in [0.29, 0.717) is 0 Å². The summed E-state index contributed by atoms with van der Waals surface area (Å²) in [6.45, 7) is 6.41. The van der Waals surface area contributed by atoms with E-state index >= 15 is 0 Å². The highest BCUT2D eigenvalue weighted by Crippen LogP contribution is 2.20. The van der Waals surface area contributed by atoms with Crippen molar-refractivity contribution in [2.24, 2.45) is 11.7 Å². The van der Waals surface area contributed by atoms with Crippen molar-refractivity contribution < 1.29 is 9.59 Å². The van der Waals surface area contributed by atoms with E-state index < -0.39 is 0 Å². The molecule has 1 aliphatic heterocycles. The number of primary amides is 1. The van der Waals surface area contributed by atoms with E-state index in [2.05, 4.69) is 16.3 Å². The average molecular weight is 329 g/mol. The van der Waals surface area contributed by atoms with E-state index in [1.807, 2.05) is 38.1 Å². The fraction of sp³-hybridized carbons (Fsp3) is 0.474. The zero-order chi connectivity index (χ0) is 17.5. The third-order valence-electron chi connectivity index (χ3n) is 4.45. The standard InChI is InChI=1S/C19H27N3O2/c1-3-5-14(2)19(24)21-17-7-4-6-15(12-17)13-22-10-8-16(9-11-22)18(20)23/h4-7,12,16H,3,8-11,13H2,1-2H3,(H2,20,23)(H,21,24)/b14-5+. The molecule has 0 aromatic heterocycles. The number of carbonyl (C=O) groups is 2. The van der Waals surface area contributed by atoms with E-state index in [4.69, 9.17) is 5.73 Å². The summed E-state index contributed by atoms with van der Waals surface area (Å²) in [7, 11) is 0. The highest BCUT2D eigenvalue weighted by molar-refractivity contribution is 6.03. The van der Waals surface area contributed by atoms with Crippen LogP contribution in [0.5, 0.6) is 0 Å². The predicted octanol–water partition coefficient (Wildman–Crippen LogP) is 2.68. The Labute approximate surface area is 143 Å². The molecule has 130 valence electrons. The second-order valence-corrected chi connectivity index (χ2v) is 6.40. The maximum atomic E-state index is 12.1. The Hall–Kier alpha value is -2.14. The molecule has 0 bridgehead atoms. The Morgan fingerprint density at radius 2 is 2.04 bits per heavy atom. The fourth-order valence-electron chi connectivity index (χ4n) is 3.01. The first-order chi connectivity index (χ1) is 11.5. The molecule has 1 aromatic carbocycles. The Balaban J connectivity index is 1.92. The predicted molar refractivity (Wildman–Crippen MR) is 96.3 cm³/mol. The van der Waals surface area contributed by atoms with Crippen LogP contribution in [0.15, 0.2) is 35.9 Å². The molecule has 1 saturated heterocycles. The number of anilines is 1. The molecule has 1 fully saturated rings. The molecule has 0 radical (unpaired) electrons. The molecule has 2 amide bonds. The monoisotopic (exact) mass is 329 g/mol. The van der Waals surface area contributed by atoms with Crippen molar-refractivity contribution in [3.8, 4) is 0 Å². The minimum atomic E-state index is -0.185. The van der Waals surface area contributed by atoms with Crippen LogP contribution in [-0.2, 0) is 16.1 Å². The average Bonchev–Trinajstić information content (AvgIpc) is 2.56. The molecule has 24 heavy (non-hydrogen) atoms. The minimum absolute atomic E-state index is 0.0141. The molecule has 3 N–H and O–H groups in total. The van der Waals surface area contributed by atoms with Crippen LogP contribution in [0.2, 0.25) is 0 Å². The van der Waals surface area contributed by atoms with E-state index in [9.17, 15) is 9.59 Å². The number of hydrogen-bond donors (Lipinski definition) is 2. The Morgan fingerprint density at radius 3 is 2.67 bits per heavy atom. The maximum absolute atomic E-state index is 12.1. The van der Waals surface area contributed by atoms with Crippen LogP contribution in [0, 0.1) is 5.92 Å². The van der Waals surface area contributed by atoms with E-state index in [-0.39, 0.29) is 17.7 Å². The molecule has 0 saturated carbocycles. The third kappa shape index (κ3) is 5.20. The van der Waals surface area contributed by atoms with Crippen LogP contribution in [0.4, 0.5) is 5.69 Å². The van der Waals surface area contributed by atoms with Crippen molar-refractivity contribution in [2.45, 2.75) is 39.7 Å². The largest absolute Gasteiger partial charge is 0.369 e. The number of rotatable bonds is 6. The number of benzene rings is 1. The topological polar surface area (TPSA) is 75.4 Å². The lowest BCUT2D eigenvalue weighted by molar-refractivity contribution is -0.123. The van der Waals surface area contributed by atoms with Crippen molar-refractivity contribution in [1.29, 1.82) is 0 Å². The highest BCUT2D eigenvalue weighted by Gasteiger charge is 2.22. The summed E-state index contributed by atoms with van der Waals surface area (Å²) >= 11 is 0. The second kappa shape index (κ2) is 8.64. The van der Waals surface area contributed by atoms with Crippen LogP contribution in [0.25, 0.3) is 0 Å². The number of allylic oxidation sites excluding steroid dienone is 1. The summed E-state index contributed by atoms with van der Waals surface area (Å²) in [5.41, 5.74) is 8.08. The van der Waals surface area contributed by atoms with E-state index in [1.54, 1.807) is 0 Å². The van der Waals surface area contributed by atoms with Gasteiger partial charge < -0.3 is 11.1 Å². The van der Waals surface area contributed by atoms with Crippen LogP contribution >= 0.6 is 0 Å². The summed E-state index contributed by atoms with van der Waals surface area (Å²) in [6.07, 6.45) is 4.42. The van der Waals surface area contributed by atoms with Crippen molar-refractivity contribution >= 4 is 17.5 Å². The zero-order valence-electron chi connectivity index (χ0n) is 14.5. The lowest BCUT2D eigenvalue weighted by Gasteiger charge is -2.30. The lowest BCUT2D eigenvalue weighted by Crippen LogP contribution is -2.38. The van der Waals surface area contributed by atoms with Gasteiger partial charge in [-0.05, 0) is 57.0 Å². The Morgan fingerprint density at radius 1 is 1.33 bits per heavy atom. The SMILES string of the molecule is CC/C=C(\C)C(=O)Nc1cccc(CN2CCC(C(N)=O)CC2)c1. The summed E-state index contributed by atoms with van der Waals surface area (Å²) < 4.78 is 0. The fourth-order valence-corrected chi connectivity index (χ4v) is 3.01. The van der Waals surface area contributed by atoms with Crippen molar-refractivity contribution in [3.63, 3.8) is 0 Å². The van der Waals surface area contributed by atoms with Gasteiger partial charge in [0.25, 0.3) is 5.91 Å². The van der Waals surface area contributed by atoms with Gasteiger partial charge in [0.15, 0.2) is 0 Å². The molecule has 1 heterocycles. The third-order valence-corrected chi connectivity index (χ3v) is 4.45. The van der Waals surface area contributed by atoms with Gasteiger partial charge in [-0.2, -0.15) is 0 Å². The summed E-state index contributed by atoms with van der Waals surface area (Å²) in [5.74, 6) is -0.230. The maximum Gasteiger partial charge on any atom is 0.250 e. The molecule has 5 heteroatoms. The van der Waals surface area contributed by atoms with Gasteiger partial charge in [0.2, 0.25) is 5.91 Å². The van der Waals surface area contributed by atoms with Crippen LogP contribution in [0.3, 0.4) is 0 Å². The normalized spacial score (nSPS) is 16.8. The molecule has 0 aliphatic carbocycles. The molecular weight excluding hydrogens is 302 g/mol. The number of carbonyl (C=O) groups excluding carboxylic acids is 2. The summed E-state index contributed by atoms with van der Waals surface area (Å²) in [6, 6.07) is 7.93. The minimum Gasteiger partial charge on any atom is -0.369 e. The smallest absolute Gasteiger partial charge is 0.250 e. The zero-order valence-corrected chi connectivity index (χ0v) is 14.5.